The summed E-state index contributed by atoms with van der Waals surface area (Å²) in [5.74, 6) is -1.61. The second-order valence-corrected chi connectivity index (χ2v) is 7.73. The number of aliphatic hydroxyl groups excluding tert-OH is 4. The van der Waals surface area contributed by atoms with Gasteiger partial charge in [-0.1, -0.05) is 0 Å². The molecule has 0 saturated carbocycles. The van der Waals surface area contributed by atoms with Gasteiger partial charge in [-0.15, -0.1) is 0 Å². The minimum absolute atomic E-state index is 0.0343. The molecule has 0 aromatic heterocycles. The minimum Gasteiger partial charge on any atom is -0.507 e. The van der Waals surface area contributed by atoms with Crippen LogP contribution in [0.15, 0.2) is 24.3 Å². The van der Waals surface area contributed by atoms with E-state index < -0.39 is 48.9 Å². The lowest BCUT2D eigenvalue weighted by Crippen LogP contribution is -2.60. The van der Waals surface area contributed by atoms with Crippen LogP contribution in [0.1, 0.15) is 37.4 Å². The third kappa shape index (κ3) is 3.42. The van der Waals surface area contributed by atoms with Crippen molar-refractivity contribution in [2.24, 2.45) is 0 Å². The van der Waals surface area contributed by atoms with Gasteiger partial charge < -0.3 is 39.7 Å². The van der Waals surface area contributed by atoms with Gasteiger partial charge in [-0.25, -0.2) is 0 Å². The number of methoxy groups -OCH3 is 1. The number of ether oxygens (including phenoxy) is 3. The Labute approximate surface area is 182 Å². The number of hydrogen-bond donors (Lipinski definition) is 5. The van der Waals surface area contributed by atoms with Crippen molar-refractivity contribution in [1.82, 2.24) is 0 Å². The summed E-state index contributed by atoms with van der Waals surface area (Å²) in [5.41, 5.74) is 0.223. The van der Waals surface area contributed by atoms with Crippen LogP contribution in [0.3, 0.4) is 0 Å². The first-order valence-electron chi connectivity index (χ1n) is 9.80. The fraction of sp³-hybridized carbons (Fsp3) is 0.364. The first-order chi connectivity index (χ1) is 15.2. The number of rotatable bonds is 4. The van der Waals surface area contributed by atoms with Crippen molar-refractivity contribution in [2.75, 3.05) is 13.7 Å². The molecule has 4 rings (SSSR count). The average molecular weight is 446 g/mol. The number of carbonyl (C=O) groups is 2. The standard InChI is InChI=1S/C22H22O10/c1-8-3-10-15(12(24)4-8)19(27)16-11(17(10)25)5-9(30-2)6-13(16)31-22-21(29)20(28)18(26)14(7-23)32-22/h3-6,14,18,20-24,26,28-29H,7H2,1-2H3/t14-,18-,20+,21-,22+/m1/s1. The van der Waals surface area contributed by atoms with Crippen LogP contribution in [0.25, 0.3) is 0 Å². The zero-order chi connectivity index (χ0) is 23.3. The SMILES string of the molecule is COc1cc(O[C@H]2O[C@H](CO)[C@@H](O)[C@H](O)[C@H]2O)c2c(c1)C(=O)c1cc(C)cc(O)c1C2=O. The summed E-state index contributed by atoms with van der Waals surface area (Å²) < 4.78 is 16.2. The van der Waals surface area contributed by atoms with Crippen LogP contribution < -0.4 is 9.47 Å². The largest absolute Gasteiger partial charge is 0.507 e. The van der Waals surface area contributed by atoms with Gasteiger partial charge in [-0.05, 0) is 30.7 Å². The molecule has 10 nitrogen and oxygen atoms in total. The van der Waals surface area contributed by atoms with Gasteiger partial charge in [0, 0.05) is 17.2 Å². The molecule has 170 valence electrons. The molecule has 5 atom stereocenters. The fourth-order valence-electron chi connectivity index (χ4n) is 3.96. The summed E-state index contributed by atoms with van der Waals surface area (Å²) in [6, 6.07) is 5.51. The lowest BCUT2D eigenvalue weighted by atomic mass is 9.82. The number of phenols is 1. The first-order valence-corrected chi connectivity index (χ1v) is 9.80. The number of aryl methyl sites for hydroxylation is 1. The van der Waals surface area contributed by atoms with Crippen molar-refractivity contribution in [3.63, 3.8) is 0 Å². The van der Waals surface area contributed by atoms with Crippen LogP contribution in [-0.4, -0.2) is 81.5 Å². The Hall–Kier alpha value is -3.02. The number of fused-ring (bicyclic) bond motifs is 2. The summed E-state index contributed by atoms with van der Waals surface area (Å²) in [4.78, 5) is 26.5. The number of benzene rings is 2. The van der Waals surface area contributed by atoms with E-state index in [1.165, 1.54) is 31.4 Å². The van der Waals surface area contributed by atoms with Crippen molar-refractivity contribution >= 4 is 11.6 Å². The molecule has 0 unspecified atom stereocenters. The highest BCUT2D eigenvalue weighted by Gasteiger charge is 2.45. The van der Waals surface area contributed by atoms with E-state index >= 15 is 0 Å². The van der Waals surface area contributed by atoms with Gasteiger partial charge in [0.25, 0.3) is 0 Å². The number of aliphatic hydroxyl groups is 4. The Balaban J connectivity index is 1.82. The molecule has 2 aromatic rings. The molecule has 10 heteroatoms. The number of carbonyl (C=O) groups excluding carboxylic acids is 2. The molecule has 5 N–H and O–H groups in total. The van der Waals surface area contributed by atoms with Gasteiger partial charge in [0.2, 0.25) is 12.1 Å². The maximum atomic E-state index is 13.3. The number of ketones is 2. The summed E-state index contributed by atoms with van der Waals surface area (Å²) in [5, 5.41) is 50.0. The molecule has 0 radical (unpaired) electrons. The summed E-state index contributed by atoms with van der Waals surface area (Å²) in [7, 11) is 1.35. The van der Waals surface area contributed by atoms with Crippen LogP contribution in [-0.2, 0) is 4.74 Å². The normalized spacial score (nSPS) is 27.0. The molecular formula is C22H22O10. The Bertz CT molecular complexity index is 1090. The molecule has 0 bridgehead atoms. The maximum absolute atomic E-state index is 13.3. The van der Waals surface area contributed by atoms with Gasteiger partial charge in [0.1, 0.15) is 41.7 Å². The molecule has 1 aliphatic carbocycles. The zero-order valence-corrected chi connectivity index (χ0v) is 17.2. The van der Waals surface area contributed by atoms with E-state index in [9.17, 15) is 35.1 Å². The van der Waals surface area contributed by atoms with Gasteiger partial charge >= 0.3 is 0 Å². The number of hydrogen-bond acceptors (Lipinski definition) is 10. The van der Waals surface area contributed by atoms with Gasteiger partial charge in [0.15, 0.2) is 5.78 Å². The fourth-order valence-corrected chi connectivity index (χ4v) is 3.96. The summed E-state index contributed by atoms with van der Waals surface area (Å²) in [6.07, 6.45) is -7.84. The van der Waals surface area contributed by atoms with E-state index in [1.807, 2.05) is 0 Å². The molecule has 0 amide bonds. The first kappa shape index (κ1) is 22.2. The minimum atomic E-state index is -1.73. The van der Waals surface area contributed by atoms with Crippen molar-refractivity contribution in [1.29, 1.82) is 0 Å². The number of aromatic hydroxyl groups is 1. The topological polar surface area (TPSA) is 163 Å². The van der Waals surface area contributed by atoms with E-state index in [-0.39, 0.29) is 39.5 Å². The van der Waals surface area contributed by atoms with Crippen LogP contribution >= 0.6 is 0 Å². The molecule has 1 aliphatic heterocycles. The van der Waals surface area contributed by atoms with Crippen LogP contribution in [0.4, 0.5) is 0 Å². The van der Waals surface area contributed by atoms with E-state index in [4.69, 9.17) is 14.2 Å². The Morgan fingerprint density at radius 2 is 1.62 bits per heavy atom. The smallest absolute Gasteiger partial charge is 0.229 e. The molecule has 1 saturated heterocycles. The van der Waals surface area contributed by atoms with Crippen molar-refractivity contribution in [2.45, 2.75) is 37.6 Å². The highest BCUT2D eigenvalue weighted by Crippen LogP contribution is 2.40. The molecule has 0 spiro atoms. The predicted octanol–water partition coefficient (Wildman–Crippen LogP) is -0.337. The van der Waals surface area contributed by atoms with Crippen molar-refractivity contribution in [3.05, 3.63) is 52.1 Å². The Morgan fingerprint density at radius 1 is 0.938 bits per heavy atom. The van der Waals surface area contributed by atoms with E-state index in [0.717, 1.165) is 0 Å². The Morgan fingerprint density at radius 3 is 2.28 bits per heavy atom. The van der Waals surface area contributed by atoms with E-state index in [2.05, 4.69) is 0 Å². The lowest BCUT2D eigenvalue weighted by molar-refractivity contribution is -0.277. The molecule has 1 fully saturated rings. The molecule has 1 heterocycles. The highest BCUT2D eigenvalue weighted by molar-refractivity contribution is 6.30. The summed E-state index contributed by atoms with van der Waals surface area (Å²) >= 11 is 0. The van der Waals surface area contributed by atoms with Gasteiger partial charge in [-0.3, -0.25) is 9.59 Å². The molecule has 2 aliphatic rings. The third-order valence-electron chi connectivity index (χ3n) is 5.61. The molecule has 2 aromatic carbocycles. The Kier molecular flexibility index (Phi) is 5.65. The van der Waals surface area contributed by atoms with Crippen LogP contribution in [0.2, 0.25) is 0 Å². The maximum Gasteiger partial charge on any atom is 0.229 e. The third-order valence-corrected chi connectivity index (χ3v) is 5.61. The lowest BCUT2D eigenvalue weighted by Gasteiger charge is -2.39. The van der Waals surface area contributed by atoms with Crippen molar-refractivity contribution < 1.29 is 49.3 Å². The second kappa shape index (κ2) is 8.15. The predicted molar refractivity (Wildman–Crippen MR) is 107 cm³/mol. The van der Waals surface area contributed by atoms with Crippen LogP contribution in [0.5, 0.6) is 17.2 Å². The summed E-state index contributed by atoms with van der Waals surface area (Å²) in [6.45, 7) is 1.01. The molecule has 32 heavy (non-hydrogen) atoms. The average Bonchev–Trinajstić information content (AvgIpc) is 2.76. The van der Waals surface area contributed by atoms with Gasteiger partial charge in [0.05, 0.1) is 24.8 Å². The van der Waals surface area contributed by atoms with E-state index in [1.54, 1.807) is 6.92 Å². The zero-order valence-electron chi connectivity index (χ0n) is 17.2. The number of phenolic OH excluding ortho intramolecular Hbond substituents is 1. The van der Waals surface area contributed by atoms with Crippen LogP contribution in [0, 0.1) is 6.92 Å². The highest BCUT2D eigenvalue weighted by atomic mass is 16.7. The molecular weight excluding hydrogens is 424 g/mol. The second-order valence-electron chi connectivity index (χ2n) is 7.73. The van der Waals surface area contributed by atoms with Crippen molar-refractivity contribution in [3.8, 4) is 17.2 Å². The monoisotopic (exact) mass is 446 g/mol. The quantitative estimate of drug-likeness (QED) is 0.358. The van der Waals surface area contributed by atoms with E-state index in [0.29, 0.717) is 5.56 Å². The van der Waals surface area contributed by atoms with Gasteiger partial charge in [-0.2, -0.15) is 0 Å².